The van der Waals surface area contributed by atoms with Crippen LogP contribution in [0.5, 0.6) is 0 Å². The van der Waals surface area contributed by atoms with Gasteiger partial charge in [0.25, 0.3) is 11.8 Å². The molecule has 1 aliphatic heterocycles. The van der Waals surface area contributed by atoms with Crippen LogP contribution in [0.4, 0.5) is 0 Å². The molecule has 26 heavy (non-hydrogen) atoms. The number of likely N-dealkylation sites (tertiary alicyclic amines) is 1. The number of hydrogen-bond donors (Lipinski definition) is 1. The Balaban J connectivity index is 1.33. The standard InChI is InChI=1S/C19H23N5O2/c1-13-11-15(22-23(13)2)18(26)24-9-5-19(6-10-24)12-16(19)21-17(25)14-3-7-20-8-4-14/h3-4,7-8,11,16H,5-6,9-10,12H2,1-2H3,(H,21,25). The van der Waals surface area contributed by atoms with E-state index in [2.05, 4.69) is 15.4 Å². The zero-order valence-electron chi connectivity index (χ0n) is 15.1. The Morgan fingerprint density at radius 1 is 1.23 bits per heavy atom. The van der Waals surface area contributed by atoms with Crippen LogP contribution in [0, 0.1) is 12.3 Å². The van der Waals surface area contributed by atoms with E-state index in [1.54, 1.807) is 29.2 Å². The highest BCUT2D eigenvalue weighted by atomic mass is 16.2. The molecule has 2 aromatic rings. The molecule has 1 spiro atoms. The van der Waals surface area contributed by atoms with Crippen LogP contribution in [0.1, 0.15) is 45.8 Å². The summed E-state index contributed by atoms with van der Waals surface area (Å²) in [6, 6.07) is 5.49. The lowest BCUT2D eigenvalue weighted by Crippen LogP contribution is -2.42. The first-order valence-electron chi connectivity index (χ1n) is 8.99. The van der Waals surface area contributed by atoms with E-state index in [1.807, 2.05) is 24.9 Å². The summed E-state index contributed by atoms with van der Waals surface area (Å²) in [6.07, 6.45) is 6.09. The van der Waals surface area contributed by atoms with Gasteiger partial charge in [-0.15, -0.1) is 0 Å². The summed E-state index contributed by atoms with van der Waals surface area (Å²) in [5.74, 6) is -0.0432. The average molecular weight is 353 g/mol. The molecule has 0 bridgehead atoms. The molecule has 4 rings (SSSR count). The highest BCUT2D eigenvalue weighted by molar-refractivity contribution is 5.94. The van der Waals surface area contributed by atoms with Crippen molar-refractivity contribution in [1.29, 1.82) is 0 Å². The van der Waals surface area contributed by atoms with Gasteiger partial charge < -0.3 is 10.2 Å². The molecule has 2 aliphatic rings. The van der Waals surface area contributed by atoms with Crippen molar-refractivity contribution in [1.82, 2.24) is 25.0 Å². The molecule has 7 nitrogen and oxygen atoms in total. The van der Waals surface area contributed by atoms with Gasteiger partial charge in [0, 0.05) is 49.8 Å². The van der Waals surface area contributed by atoms with Gasteiger partial charge in [0.1, 0.15) is 0 Å². The molecule has 1 saturated heterocycles. The van der Waals surface area contributed by atoms with Crippen molar-refractivity contribution in [3.63, 3.8) is 0 Å². The number of aryl methyl sites for hydroxylation is 2. The predicted octanol–water partition coefficient (Wildman–Crippen LogP) is 1.55. The minimum Gasteiger partial charge on any atom is -0.349 e. The van der Waals surface area contributed by atoms with Crippen molar-refractivity contribution in [3.8, 4) is 0 Å². The number of pyridine rings is 1. The Morgan fingerprint density at radius 3 is 2.54 bits per heavy atom. The largest absolute Gasteiger partial charge is 0.349 e. The third kappa shape index (κ3) is 2.98. The van der Waals surface area contributed by atoms with Gasteiger partial charge in [-0.2, -0.15) is 5.10 Å². The molecule has 0 aromatic carbocycles. The molecule has 0 radical (unpaired) electrons. The molecule has 1 unspecified atom stereocenters. The summed E-state index contributed by atoms with van der Waals surface area (Å²) >= 11 is 0. The monoisotopic (exact) mass is 353 g/mol. The fourth-order valence-electron chi connectivity index (χ4n) is 3.83. The van der Waals surface area contributed by atoms with E-state index in [0.29, 0.717) is 11.3 Å². The third-order valence-electron chi connectivity index (χ3n) is 5.82. The number of hydrogen-bond acceptors (Lipinski definition) is 4. The molecule has 2 aromatic heterocycles. The number of rotatable bonds is 3. The fourth-order valence-corrected chi connectivity index (χ4v) is 3.83. The van der Waals surface area contributed by atoms with Crippen LogP contribution in [-0.4, -0.2) is 50.6 Å². The Kier molecular flexibility index (Phi) is 4.01. The average Bonchev–Trinajstić information content (AvgIpc) is 3.19. The van der Waals surface area contributed by atoms with E-state index < -0.39 is 0 Å². The van der Waals surface area contributed by atoms with Gasteiger partial charge in [-0.3, -0.25) is 19.3 Å². The summed E-state index contributed by atoms with van der Waals surface area (Å²) in [5.41, 5.74) is 2.28. The molecule has 2 fully saturated rings. The lowest BCUT2D eigenvalue weighted by atomic mass is 9.92. The van der Waals surface area contributed by atoms with Crippen molar-refractivity contribution in [2.24, 2.45) is 12.5 Å². The van der Waals surface area contributed by atoms with Crippen LogP contribution >= 0.6 is 0 Å². The van der Waals surface area contributed by atoms with Gasteiger partial charge in [0.2, 0.25) is 0 Å². The summed E-state index contributed by atoms with van der Waals surface area (Å²) in [6.45, 7) is 3.38. The molecule has 1 N–H and O–H groups in total. The van der Waals surface area contributed by atoms with Gasteiger partial charge in [-0.05, 0) is 49.8 Å². The first-order valence-corrected chi connectivity index (χ1v) is 8.99. The second-order valence-corrected chi connectivity index (χ2v) is 7.42. The first-order chi connectivity index (χ1) is 12.5. The van der Waals surface area contributed by atoms with Crippen molar-refractivity contribution in [2.75, 3.05) is 13.1 Å². The summed E-state index contributed by atoms with van der Waals surface area (Å²) in [4.78, 5) is 30.7. The van der Waals surface area contributed by atoms with Crippen LogP contribution in [0.2, 0.25) is 0 Å². The minimum atomic E-state index is -0.0447. The van der Waals surface area contributed by atoms with Gasteiger partial charge in [0.15, 0.2) is 5.69 Å². The lowest BCUT2D eigenvalue weighted by molar-refractivity contribution is 0.0661. The zero-order chi connectivity index (χ0) is 18.3. The van der Waals surface area contributed by atoms with Gasteiger partial charge in [-0.25, -0.2) is 0 Å². The summed E-state index contributed by atoms with van der Waals surface area (Å²) in [5, 5.41) is 7.42. The number of nitrogens with one attached hydrogen (secondary N) is 1. The topological polar surface area (TPSA) is 80.1 Å². The molecule has 1 atom stereocenters. The zero-order valence-corrected chi connectivity index (χ0v) is 15.1. The smallest absolute Gasteiger partial charge is 0.274 e. The minimum absolute atomic E-state index is 0.00145. The van der Waals surface area contributed by atoms with Crippen molar-refractivity contribution in [2.45, 2.75) is 32.2 Å². The van der Waals surface area contributed by atoms with E-state index >= 15 is 0 Å². The predicted molar refractivity (Wildman–Crippen MR) is 95.6 cm³/mol. The quantitative estimate of drug-likeness (QED) is 0.908. The molecule has 136 valence electrons. The molecular formula is C19H23N5O2. The number of nitrogens with zero attached hydrogens (tertiary/aromatic N) is 4. The van der Waals surface area contributed by atoms with E-state index in [0.717, 1.165) is 38.0 Å². The molecular weight excluding hydrogens is 330 g/mol. The highest BCUT2D eigenvalue weighted by Gasteiger charge is 2.56. The van der Waals surface area contributed by atoms with Crippen molar-refractivity contribution < 1.29 is 9.59 Å². The Hall–Kier alpha value is -2.70. The second-order valence-electron chi connectivity index (χ2n) is 7.42. The maximum atomic E-state index is 12.6. The number of piperidine rings is 1. The Bertz CT molecular complexity index is 817. The van der Waals surface area contributed by atoms with E-state index in [-0.39, 0.29) is 23.3 Å². The van der Waals surface area contributed by atoms with E-state index in [9.17, 15) is 9.59 Å². The van der Waals surface area contributed by atoms with Gasteiger partial charge in [-0.1, -0.05) is 0 Å². The SMILES string of the molecule is Cc1cc(C(=O)N2CCC3(CC2)CC3NC(=O)c2ccncc2)nn1C. The van der Waals surface area contributed by atoms with Crippen LogP contribution in [0.15, 0.2) is 30.6 Å². The second kappa shape index (κ2) is 6.23. The molecule has 2 amide bonds. The van der Waals surface area contributed by atoms with Crippen LogP contribution in [0.3, 0.4) is 0 Å². The fraction of sp³-hybridized carbons (Fsp3) is 0.474. The Morgan fingerprint density at radius 2 is 1.92 bits per heavy atom. The highest BCUT2D eigenvalue weighted by Crippen LogP contribution is 2.54. The number of carbonyl (C=O) groups is 2. The maximum absolute atomic E-state index is 12.6. The van der Waals surface area contributed by atoms with Crippen LogP contribution in [-0.2, 0) is 7.05 Å². The molecule has 1 saturated carbocycles. The number of aromatic nitrogens is 3. The maximum Gasteiger partial charge on any atom is 0.274 e. The molecule has 1 aliphatic carbocycles. The van der Waals surface area contributed by atoms with Crippen molar-refractivity contribution >= 4 is 11.8 Å². The summed E-state index contributed by atoms with van der Waals surface area (Å²) in [7, 11) is 1.84. The number of carbonyl (C=O) groups excluding carboxylic acids is 2. The molecule has 7 heteroatoms. The first kappa shape index (κ1) is 16.8. The van der Waals surface area contributed by atoms with E-state index in [4.69, 9.17) is 0 Å². The number of amides is 2. The van der Waals surface area contributed by atoms with Crippen molar-refractivity contribution in [3.05, 3.63) is 47.5 Å². The van der Waals surface area contributed by atoms with Crippen LogP contribution < -0.4 is 5.32 Å². The van der Waals surface area contributed by atoms with Gasteiger partial charge >= 0.3 is 0 Å². The summed E-state index contributed by atoms with van der Waals surface area (Å²) < 4.78 is 1.73. The van der Waals surface area contributed by atoms with E-state index in [1.165, 1.54) is 0 Å². The normalized spacial score (nSPS) is 20.8. The lowest BCUT2D eigenvalue weighted by Gasteiger charge is -2.32. The van der Waals surface area contributed by atoms with Gasteiger partial charge in [0.05, 0.1) is 0 Å². The molecule has 3 heterocycles. The third-order valence-corrected chi connectivity index (χ3v) is 5.82. The Labute approximate surface area is 152 Å². The van der Waals surface area contributed by atoms with Crippen LogP contribution in [0.25, 0.3) is 0 Å².